The molecule has 0 fully saturated rings. The highest BCUT2D eigenvalue weighted by atomic mass is 32.2. The van der Waals surface area contributed by atoms with E-state index in [9.17, 15) is 18.0 Å². The molecule has 0 bridgehead atoms. The van der Waals surface area contributed by atoms with Crippen molar-refractivity contribution in [1.82, 2.24) is 10.0 Å². The van der Waals surface area contributed by atoms with Crippen LogP contribution in [0.1, 0.15) is 58.8 Å². The van der Waals surface area contributed by atoms with Crippen LogP contribution in [0.4, 0.5) is 0 Å². The van der Waals surface area contributed by atoms with Gasteiger partial charge in [0.25, 0.3) is 5.91 Å². The molecule has 0 aliphatic heterocycles. The highest BCUT2D eigenvalue weighted by Crippen LogP contribution is 2.26. The van der Waals surface area contributed by atoms with Crippen LogP contribution in [0.2, 0.25) is 0 Å². The number of carbonyl (C=O) groups is 2. The fourth-order valence-corrected chi connectivity index (χ4v) is 3.84. The molecular formula is C19H30N2O6S. The Morgan fingerprint density at radius 1 is 1.04 bits per heavy atom. The Morgan fingerprint density at radius 2 is 1.61 bits per heavy atom. The minimum Gasteiger partial charge on any atom is -0.495 e. The third kappa shape index (κ3) is 7.12. The Labute approximate surface area is 167 Å². The van der Waals surface area contributed by atoms with Gasteiger partial charge < -0.3 is 14.8 Å². The van der Waals surface area contributed by atoms with Gasteiger partial charge in [-0.05, 0) is 66.7 Å². The number of sulfonamides is 1. The van der Waals surface area contributed by atoms with Gasteiger partial charge in [-0.3, -0.25) is 4.79 Å². The molecule has 0 saturated heterocycles. The molecule has 0 radical (unpaired) electrons. The van der Waals surface area contributed by atoms with Crippen molar-refractivity contribution in [1.29, 1.82) is 0 Å². The van der Waals surface area contributed by atoms with Crippen LogP contribution in [0.15, 0.2) is 23.1 Å². The summed E-state index contributed by atoms with van der Waals surface area (Å²) < 4.78 is 38.2. The molecule has 0 aliphatic rings. The van der Waals surface area contributed by atoms with Crippen LogP contribution in [-0.4, -0.2) is 44.6 Å². The number of rotatable bonds is 6. The Kier molecular flexibility index (Phi) is 7.24. The SMILES string of the molecule is COc1ccc(C(=O)OC(C)C(=O)NC(C)(C)C)cc1S(=O)(=O)NC(C)(C)C. The number of carbonyl (C=O) groups excluding carboxylic acids is 2. The van der Waals surface area contributed by atoms with E-state index in [1.807, 2.05) is 20.8 Å². The smallest absolute Gasteiger partial charge is 0.338 e. The highest BCUT2D eigenvalue weighted by molar-refractivity contribution is 7.89. The van der Waals surface area contributed by atoms with Gasteiger partial charge in [0.05, 0.1) is 12.7 Å². The average Bonchev–Trinajstić information content (AvgIpc) is 2.50. The van der Waals surface area contributed by atoms with E-state index >= 15 is 0 Å². The molecule has 2 N–H and O–H groups in total. The average molecular weight is 415 g/mol. The number of esters is 1. The monoisotopic (exact) mass is 414 g/mol. The lowest BCUT2D eigenvalue weighted by atomic mass is 10.1. The van der Waals surface area contributed by atoms with Gasteiger partial charge >= 0.3 is 5.97 Å². The summed E-state index contributed by atoms with van der Waals surface area (Å²) in [7, 11) is -2.61. The first-order valence-electron chi connectivity index (χ1n) is 8.81. The number of nitrogens with one attached hydrogen (secondary N) is 2. The number of benzene rings is 1. The Morgan fingerprint density at radius 3 is 2.07 bits per heavy atom. The maximum Gasteiger partial charge on any atom is 0.338 e. The third-order valence-electron chi connectivity index (χ3n) is 3.28. The maximum atomic E-state index is 12.7. The summed E-state index contributed by atoms with van der Waals surface area (Å²) in [4.78, 5) is 24.3. The largest absolute Gasteiger partial charge is 0.495 e. The van der Waals surface area contributed by atoms with E-state index < -0.39 is 39.1 Å². The Balaban J connectivity index is 3.13. The van der Waals surface area contributed by atoms with E-state index in [2.05, 4.69) is 10.0 Å². The van der Waals surface area contributed by atoms with E-state index in [-0.39, 0.29) is 16.2 Å². The van der Waals surface area contributed by atoms with Crippen molar-refractivity contribution in [3.63, 3.8) is 0 Å². The Bertz CT molecular complexity index is 835. The molecule has 0 heterocycles. The van der Waals surface area contributed by atoms with Gasteiger partial charge in [-0.1, -0.05) is 0 Å². The molecule has 0 aliphatic carbocycles. The minimum atomic E-state index is -3.95. The molecule has 1 aromatic rings. The van der Waals surface area contributed by atoms with Crippen LogP contribution < -0.4 is 14.8 Å². The predicted molar refractivity (Wildman–Crippen MR) is 106 cm³/mol. The number of amides is 1. The number of methoxy groups -OCH3 is 1. The molecule has 28 heavy (non-hydrogen) atoms. The first kappa shape index (κ1) is 23.9. The van der Waals surface area contributed by atoms with Gasteiger partial charge in [-0.15, -0.1) is 0 Å². The Hall–Kier alpha value is -2.13. The fourth-order valence-electron chi connectivity index (χ4n) is 2.23. The summed E-state index contributed by atoms with van der Waals surface area (Å²) in [6, 6.07) is 3.92. The standard InChI is InChI=1S/C19H30N2O6S/c1-12(16(22)20-18(2,3)4)27-17(23)13-9-10-14(26-8)15(11-13)28(24,25)21-19(5,6)7/h9-12,21H,1-8H3,(H,20,22). The second-order valence-corrected chi connectivity index (χ2v) is 10.2. The van der Waals surface area contributed by atoms with E-state index in [4.69, 9.17) is 9.47 Å². The van der Waals surface area contributed by atoms with Gasteiger partial charge in [-0.25, -0.2) is 17.9 Å². The molecule has 158 valence electrons. The summed E-state index contributed by atoms with van der Waals surface area (Å²) in [6.07, 6.45) is -1.04. The molecule has 1 atom stereocenters. The molecule has 1 rings (SSSR count). The van der Waals surface area contributed by atoms with E-state index in [1.54, 1.807) is 20.8 Å². The molecule has 9 heteroatoms. The fraction of sp³-hybridized carbons (Fsp3) is 0.579. The maximum absolute atomic E-state index is 12.7. The van der Waals surface area contributed by atoms with Crippen molar-refractivity contribution in [2.45, 2.75) is 70.5 Å². The summed E-state index contributed by atoms with van der Waals surface area (Å²) >= 11 is 0. The zero-order valence-electron chi connectivity index (χ0n) is 17.7. The minimum absolute atomic E-state index is 0.00880. The molecule has 0 spiro atoms. The number of hydrogen-bond donors (Lipinski definition) is 2. The topological polar surface area (TPSA) is 111 Å². The van der Waals surface area contributed by atoms with Crippen LogP contribution >= 0.6 is 0 Å². The van der Waals surface area contributed by atoms with Crippen molar-refractivity contribution >= 4 is 21.9 Å². The van der Waals surface area contributed by atoms with Crippen molar-refractivity contribution in [3.8, 4) is 5.75 Å². The number of hydrogen-bond acceptors (Lipinski definition) is 6. The first-order chi connectivity index (χ1) is 12.6. The summed E-state index contributed by atoms with van der Waals surface area (Å²) in [5.74, 6) is -1.17. The van der Waals surface area contributed by atoms with E-state index in [0.717, 1.165) is 0 Å². The molecule has 1 aromatic carbocycles. The van der Waals surface area contributed by atoms with Gasteiger partial charge in [0.2, 0.25) is 10.0 Å². The zero-order valence-corrected chi connectivity index (χ0v) is 18.5. The molecule has 0 aromatic heterocycles. The summed E-state index contributed by atoms with van der Waals surface area (Å²) in [6.45, 7) is 12.0. The van der Waals surface area contributed by atoms with Crippen molar-refractivity contribution in [2.24, 2.45) is 0 Å². The number of ether oxygens (including phenoxy) is 2. The molecule has 1 unspecified atom stereocenters. The summed E-state index contributed by atoms with van der Waals surface area (Å²) in [5.41, 5.74) is -1.21. The van der Waals surface area contributed by atoms with E-state index in [0.29, 0.717) is 0 Å². The summed E-state index contributed by atoms with van der Waals surface area (Å²) in [5, 5.41) is 2.71. The lowest BCUT2D eigenvalue weighted by Crippen LogP contribution is -2.46. The first-order valence-corrected chi connectivity index (χ1v) is 10.3. The second-order valence-electron chi connectivity index (χ2n) is 8.51. The zero-order chi connectivity index (χ0) is 21.9. The van der Waals surface area contributed by atoms with Gasteiger partial charge in [0, 0.05) is 11.1 Å². The van der Waals surface area contributed by atoms with Crippen LogP contribution in [0, 0.1) is 0 Å². The highest BCUT2D eigenvalue weighted by Gasteiger charge is 2.28. The van der Waals surface area contributed by atoms with Crippen molar-refractivity contribution < 1.29 is 27.5 Å². The molecule has 0 saturated carbocycles. The molecule has 8 nitrogen and oxygen atoms in total. The predicted octanol–water partition coefficient (Wildman–Crippen LogP) is 2.23. The third-order valence-corrected chi connectivity index (χ3v) is 5.06. The van der Waals surface area contributed by atoms with Crippen LogP contribution in [0.3, 0.4) is 0 Å². The second kappa shape index (κ2) is 8.48. The quantitative estimate of drug-likeness (QED) is 0.691. The molecule has 1 amide bonds. The van der Waals surface area contributed by atoms with Crippen molar-refractivity contribution in [2.75, 3.05) is 7.11 Å². The van der Waals surface area contributed by atoms with Crippen molar-refractivity contribution in [3.05, 3.63) is 23.8 Å². The molecular weight excluding hydrogens is 384 g/mol. The van der Waals surface area contributed by atoms with E-state index in [1.165, 1.54) is 32.2 Å². The lowest BCUT2D eigenvalue weighted by molar-refractivity contribution is -0.130. The lowest BCUT2D eigenvalue weighted by Gasteiger charge is -2.23. The van der Waals surface area contributed by atoms with Gasteiger partial charge in [0.15, 0.2) is 6.10 Å². The van der Waals surface area contributed by atoms with Gasteiger partial charge in [-0.2, -0.15) is 0 Å². The van der Waals surface area contributed by atoms with Crippen LogP contribution in [-0.2, 0) is 19.6 Å². The van der Waals surface area contributed by atoms with Crippen LogP contribution in [0.25, 0.3) is 0 Å². The van der Waals surface area contributed by atoms with Gasteiger partial charge in [0.1, 0.15) is 10.6 Å². The van der Waals surface area contributed by atoms with Crippen LogP contribution in [0.5, 0.6) is 5.75 Å². The normalized spacial score (nSPS) is 13.6.